The van der Waals surface area contributed by atoms with Gasteiger partial charge in [0.05, 0.1) is 5.41 Å². The van der Waals surface area contributed by atoms with Gasteiger partial charge in [-0.2, -0.15) is 0 Å². The van der Waals surface area contributed by atoms with Crippen LogP contribution in [0.2, 0.25) is 5.02 Å². The largest absolute Gasteiger partial charge is 0.329 e. The summed E-state index contributed by atoms with van der Waals surface area (Å²) >= 11 is 6.44. The molecule has 0 atom stereocenters. The topological polar surface area (TPSA) is 49.9 Å². The first kappa shape index (κ1) is 18.0. The van der Waals surface area contributed by atoms with E-state index in [9.17, 15) is 9.59 Å². The van der Waals surface area contributed by atoms with Crippen LogP contribution in [-0.4, -0.2) is 10.8 Å². The van der Waals surface area contributed by atoms with Gasteiger partial charge in [-0.3, -0.25) is 9.59 Å². The molecule has 4 heteroatoms. The second-order valence-corrected chi connectivity index (χ2v) is 7.85. The second-order valence-electron chi connectivity index (χ2n) is 7.45. The fraction of sp³-hybridized carbons (Fsp3) is 0.304. The Kier molecular flexibility index (Phi) is 4.88. The van der Waals surface area contributed by atoms with Gasteiger partial charge in [0.2, 0.25) is 0 Å². The van der Waals surface area contributed by atoms with Gasteiger partial charge < -0.3 is 4.98 Å². The molecular weight excluding hydrogens is 358 g/mol. The van der Waals surface area contributed by atoms with E-state index in [4.69, 9.17) is 11.6 Å². The second kappa shape index (κ2) is 7.32. The van der Waals surface area contributed by atoms with E-state index in [2.05, 4.69) is 17.1 Å². The molecule has 1 fully saturated rings. The summed E-state index contributed by atoms with van der Waals surface area (Å²) in [6.07, 6.45) is 7.01. The highest BCUT2D eigenvalue weighted by Gasteiger charge is 2.40. The van der Waals surface area contributed by atoms with Crippen molar-refractivity contribution >= 4 is 28.2 Å². The maximum absolute atomic E-state index is 13.5. The molecule has 0 unspecified atom stereocenters. The first-order valence-corrected chi connectivity index (χ1v) is 9.87. The van der Waals surface area contributed by atoms with Crippen LogP contribution in [0.25, 0.3) is 10.8 Å². The first-order chi connectivity index (χ1) is 13.1. The summed E-state index contributed by atoms with van der Waals surface area (Å²) in [7, 11) is 0. The molecule has 27 heavy (non-hydrogen) atoms. The number of Topliss-reactive ketones (excluding diaryl/α,β-unsaturated/α-hetero) is 1. The third kappa shape index (κ3) is 3.32. The lowest BCUT2D eigenvalue weighted by molar-refractivity contribution is -0.125. The number of aromatic nitrogens is 1. The van der Waals surface area contributed by atoms with Crippen LogP contribution in [0.4, 0.5) is 0 Å². The summed E-state index contributed by atoms with van der Waals surface area (Å²) < 4.78 is 0. The lowest BCUT2D eigenvalue weighted by Crippen LogP contribution is -2.39. The Morgan fingerprint density at radius 2 is 1.78 bits per heavy atom. The number of halogens is 1. The summed E-state index contributed by atoms with van der Waals surface area (Å²) in [5, 5.41) is 1.84. The molecule has 0 spiro atoms. The Morgan fingerprint density at radius 1 is 1.04 bits per heavy atom. The van der Waals surface area contributed by atoms with Gasteiger partial charge in [0.25, 0.3) is 5.56 Å². The molecule has 1 saturated carbocycles. The van der Waals surface area contributed by atoms with Gasteiger partial charge in [0, 0.05) is 23.0 Å². The molecule has 3 aromatic rings. The number of carbonyl (C=O) groups is 1. The highest BCUT2D eigenvalue weighted by Crippen LogP contribution is 2.41. The maximum Gasteiger partial charge on any atom is 0.255 e. The smallest absolute Gasteiger partial charge is 0.255 e. The molecule has 138 valence electrons. The molecule has 1 aliphatic carbocycles. The minimum Gasteiger partial charge on any atom is -0.329 e. The van der Waals surface area contributed by atoms with E-state index in [-0.39, 0.29) is 17.8 Å². The quantitative estimate of drug-likeness (QED) is 0.677. The highest BCUT2D eigenvalue weighted by atomic mass is 35.5. The number of aromatic amines is 1. The van der Waals surface area contributed by atoms with Crippen LogP contribution in [0.1, 0.15) is 43.2 Å². The van der Waals surface area contributed by atoms with Crippen molar-refractivity contribution in [3.8, 4) is 0 Å². The highest BCUT2D eigenvalue weighted by molar-refractivity contribution is 6.32. The van der Waals surface area contributed by atoms with Gasteiger partial charge in [-0.25, -0.2) is 0 Å². The normalized spacial score (nSPS) is 16.3. The Balaban J connectivity index is 1.72. The number of H-pyrrole nitrogens is 1. The molecule has 1 N–H and O–H groups in total. The first-order valence-electron chi connectivity index (χ1n) is 9.49. The summed E-state index contributed by atoms with van der Waals surface area (Å²) in [6.45, 7) is 0. The van der Waals surface area contributed by atoms with E-state index in [0.29, 0.717) is 10.4 Å². The number of ketones is 1. The van der Waals surface area contributed by atoms with Crippen molar-refractivity contribution in [2.45, 2.75) is 43.9 Å². The van der Waals surface area contributed by atoms with Gasteiger partial charge in [-0.05, 0) is 47.6 Å². The molecule has 1 aliphatic rings. The molecule has 0 saturated heterocycles. The predicted octanol–water partition coefficient (Wildman–Crippen LogP) is 5.20. The van der Waals surface area contributed by atoms with Gasteiger partial charge in [0.1, 0.15) is 5.78 Å². The fourth-order valence-corrected chi connectivity index (χ4v) is 4.61. The van der Waals surface area contributed by atoms with Crippen molar-refractivity contribution in [1.82, 2.24) is 4.98 Å². The minimum absolute atomic E-state index is 0.166. The van der Waals surface area contributed by atoms with Crippen LogP contribution in [0.3, 0.4) is 0 Å². The lowest BCUT2D eigenvalue weighted by Gasteiger charge is -2.36. The number of rotatable bonds is 4. The Morgan fingerprint density at radius 3 is 2.52 bits per heavy atom. The third-order valence-electron chi connectivity index (χ3n) is 5.86. The molecule has 0 amide bonds. The van der Waals surface area contributed by atoms with Gasteiger partial charge >= 0.3 is 0 Å². The van der Waals surface area contributed by atoms with Crippen LogP contribution >= 0.6 is 11.6 Å². The van der Waals surface area contributed by atoms with Gasteiger partial charge in [-0.1, -0.05) is 61.2 Å². The minimum atomic E-state index is -0.425. The van der Waals surface area contributed by atoms with Crippen molar-refractivity contribution in [1.29, 1.82) is 0 Å². The van der Waals surface area contributed by atoms with E-state index in [1.807, 2.05) is 30.3 Å². The molecule has 2 aromatic carbocycles. The number of pyridine rings is 1. The third-order valence-corrected chi connectivity index (χ3v) is 6.21. The number of fused-ring (bicyclic) bond motifs is 1. The predicted molar refractivity (Wildman–Crippen MR) is 109 cm³/mol. The molecule has 0 radical (unpaired) electrons. The van der Waals surface area contributed by atoms with Crippen LogP contribution in [0, 0.1) is 0 Å². The molecule has 0 bridgehead atoms. The Labute approximate surface area is 163 Å². The monoisotopic (exact) mass is 379 g/mol. The molecule has 1 heterocycles. The number of hydrogen-bond acceptors (Lipinski definition) is 2. The number of hydrogen-bond donors (Lipinski definition) is 1. The SMILES string of the molecule is O=C(Cc1cc2cc[nH]c(=O)c2cc1Cl)C1(c2ccccc2)CCCCC1. The maximum atomic E-state index is 13.5. The van der Waals surface area contributed by atoms with Crippen molar-refractivity contribution in [2.75, 3.05) is 0 Å². The van der Waals surface area contributed by atoms with E-state index < -0.39 is 5.41 Å². The van der Waals surface area contributed by atoms with Crippen molar-refractivity contribution < 1.29 is 4.79 Å². The molecular formula is C23H22ClNO2. The standard InChI is InChI=1S/C23H22ClNO2/c24-20-15-19-16(9-12-25-22(19)27)13-17(20)14-21(26)23(10-5-2-6-11-23)18-7-3-1-4-8-18/h1,3-4,7-9,12-13,15H,2,5-6,10-11,14H2,(H,25,27). The van der Waals surface area contributed by atoms with Crippen molar-refractivity contribution in [3.63, 3.8) is 0 Å². The summed E-state index contributed by atoms with van der Waals surface area (Å²) in [5.41, 5.74) is 1.32. The fourth-order valence-electron chi connectivity index (χ4n) is 4.38. The molecule has 4 rings (SSSR count). The van der Waals surface area contributed by atoms with E-state index in [1.165, 1.54) is 6.42 Å². The summed E-state index contributed by atoms with van der Waals surface area (Å²) in [6, 6.07) is 15.6. The van der Waals surface area contributed by atoms with E-state index in [1.54, 1.807) is 12.3 Å². The van der Waals surface area contributed by atoms with Crippen LogP contribution < -0.4 is 5.56 Å². The van der Waals surface area contributed by atoms with E-state index in [0.717, 1.165) is 42.2 Å². The number of nitrogens with one attached hydrogen (secondary N) is 1. The van der Waals surface area contributed by atoms with E-state index >= 15 is 0 Å². The molecule has 3 nitrogen and oxygen atoms in total. The Hall–Kier alpha value is -2.39. The van der Waals surface area contributed by atoms with Crippen LogP contribution in [0.15, 0.2) is 59.5 Å². The zero-order chi connectivity index (χ0) is 18.9. The lowest BCUT2D eigenvalue weighted by atomic mass is 9.65. The zero-order valence-electron chi connectivity index (χ0n) is 15.1. The molecule has 1 aromatic heterocycles. The van der Waals surface area contributed by atoms with Crippen LogP contribution in [-0.2, 0) is 16.6 Å². The number of benzene rings is 2. The summed E-state index contributed by atoms with van der Waals surface area (Å²) in [5.74, 6) is 0.222. The Bertz CT molecular complexity index is 1030. The van der Waals surface area contributed by atoms with Crippen molar-refractivity contribution in [3.05, 3.63) is 81.2 Å². The average molecular weight is 380 g/mol. The average Bonchev–Trinajstić information content (AvgIpc) is 2.70. The number of carbonyl (C=O) groups excluding carboxylic acids is 1. The van der Waals surface area contributed by atoms with Gasteiger partial charge in [-0.15, -0.1) is 0 Å². The molecule has 0 aliphatic heterocycles. The van der Waals surface area contributed by atoms with Crippen molar-refractivity contribution in [2.24, 2.45) is 0 Å². The summed E-state index contributed by atoms with van der Waals surface area (Å²) in [4.78, 5) is 28.1. The zero-order valence-corrected chi connectivity index (χ0v) is 15.9. The van der Waals surface area contributed by atoms with Crippen LogP contribution in [0.5, 0.6) is 0 Å². The van der Waals surface area contributed by atoms with Gasteiger partial charge in [0.15, 0.2) is 0 Å².